The van der Waals surface area contributed by atoms with E-state index in [9.17, 15) is 28.1 Å². The van der Waals surface area contributed by atoms with Crippen LogP contribution in [0.25, 0.3) is 0 Å². The van der Waals surface area contributed by atoms with Gasteiger partial charge >= 0.3 is 0 Å². The van der Waals surface area contributed by atoms with Crippen molar-refractivity contribution in [3.05, 3.63) is 93.0 Å². The molecule has 1 N–H and O–H groups in total. The molecule has 0 aliphatic carbocycles. The molecule has 0 heterocycles. The highest BCUT2D eigenvalue weighted by atomic mass is 35.5. The summed E-state index contributed by atoms with van der Waals surface area (Å²) in [7, 11) is -3.05. The van der Waals surface area contributed by atoms with Crippen LogP contribution in [0, 0.1) is 17.0 Å². The molecule has 230 valence electrons. The van der Waals surface area contributed by atoms with E-state index in [0.29, 0.717) is 16.3 Å². The highest BCUT2D eigenvalue weighted by molar-refractivity contribution is 7.92. The largest absolute Gasteiger partial charge is 0.497 e. The number of nitrogens with zero attached hydrogens (tertiary/aromatic N) is 3. The van der Waals surface area contributed by atoms with Gasteiger partial charge in [0, 0.05) is 28.7 Å². The second kappa shape index (κ2) is 13.4. The number of carbonyl (C=O) groups is 2. The Bertz CT molecular complexity index is 1590. The molecule has 43 heavy (non-hydrogen) atoms. The van der Waals surface area contributed by atoms with E-state index in [-0.39, 0.29) is 28.4 Å². The Hall–Kier alpha value is -4.16. The number of amides is 2. The van der Waals surface area contributed by atoms with Gasteiger partial charge in [0.1, 0.15) is 18.3 Å². The number of aryl methyl sites for hydroxylation is 1. The van der Waals surface area contributed by atoms with Crippen LogP contribution < -0.4 is 14.4 Å². The number of methoxy groups -OCH3 is 1. The maximum absolute atomic E-state index is 14.0. The molecule has 1 atom stereocenters. The molecule has 11 nitrogen and oxygen atoms in total. The Morgan fingerprint density at radius 3 is 2.19 bits per heavy atom. The van der Waals surface area contributed by atoms with Gasteiger partial charge in [-0.1, -0.05) is 29.8 Å². The molecule has 0 aromatic heterocycles. The first-order valence-corrected chi connectivity index (χ1v) is 15.1. The van der Waals surface area contributed by atoms with Crippen LogP contribution in [-0.4, -0.2) is 55.3 Å². The Labute approximate surface area is 256 Å². The standard InChI is InChI=1S/C30H35ClN4O7S/c1-20-7-16-26(17-27(20)35(38)39)43(40,41)34(24-12-14-25(42-6)15-13-24)19-28(36)33(18-22-8-10-23(31)11-9-22)21(2)29(37)32-30(3,4)5/h7-17,21H,18-19H2,1-6H3,(H,32,37)/t21-/m0/s1. The lowest BCUT2D eigenvalue weighted by molar-refractivity contribution is -0.385. The second-order valence-electron chi connectivity index (χ2n) is 11.0. The fourth-order valence-corrected chi connectivity index (χ4v) is 5.75. The van der Waals surface area contributed by atoms with Crippen LogP contribution in [0.15, 0.2) is 71.6 Å². The number of hydrogen-bond acceptors (Lipinski definition) is 7. The fraction of sp³-hybridized carbons (Fsp3) is 0.333. The predicted molar refractivity (Wildman–Crippen MR) is 165 cm³/mol. The average molecular weight is 631 g/mol. The first-order chi connectivity index (χ1) is 20.0. The van der Waals surface area contributed by atoms with Gasteiger partial charge in [-0.2, -0.15) is 0 Å². The van der Waals surface area contributed by atoms with Crippen molar-refractivity contribution in [2.45, 2.75) is 57.6 Å². The molecule has 0 radical (unpaired) electrons. The van der Waals surface area contributed by atoms with E-state index >= 15 is 0 Å². The van der Waals surface area contributed by atoms with Crippen molar-refractivity contribution < 1.29 is 27.7 Å². The van der Waals surface area contributed by atoms with Crippen LogP contribution in [0.3, 0.4) is 0 Å². The maximum atomic E-state index is 14.0. The fourth-order valence-electron chi connectivity index (χ4n) is 4.19. The zero-order valence-corrected chi connectivity index (χ0v) is 26.4. The van der Waals surface area contributed by atoms with Crippen LogP contribution >= 0.6 is 11.6 Å². The summed E-state index contributed by atoms with van der Waals surface area (Å²) in [6, 6.07) is 15.3. The molecular formula is C30H35ClN4O7S. The van der Waals surface area contributed by atoms with E-state index in [2.05, 4.69) is 5.32 Å². The van der Waals surface area contributed by atoms with Gasteiger partial charge in [0.15, 0.2) is 0 Å². The van der Waals surface area contributed by atoms with Crippen molar-refractivity contribution in [1.82, 2.24) is 10.2 Å². The number of rotatable bonds is 11. The van der Waals surface area contributed by atoms with Crippen LogP contribution in [0.1, 0.15) is 38.8 Å². The SMILES string of the molecule is COc1ccc(N(CC(=O)N(Cc2ccc(Cl)cc2)[C@@H](C)C(=O)NC(C)(C)C)S(=O)(=O)c2ccc(C)c([N+](=O)[O-])c2)cc1. The molecule has 0 aliphatic rings. The van der Waals surface area contributed by atoms with Crippen molar-refractivity contribution in [2.24, 2.45) is 0 Å². The normalized spacial score (nSPS) is 12.3. The lowest BCUT2D eigenvalue weighted by Crippen LogP contribution is -2.54. The molecule has 0 saturated carbocycles. The summed E-state index contributed by atoms with van der Waals surface area (Å²) >= 11 is 6.03. The van der Waals surface area contributed by atoms with Crippen molar-refractivity contribution in [3.8, 4) is 5.75 Å². The number of nitro benzene ring substituents is 1. The van der Waals surface area contributed by atoms with Gasteiger partial charge in [0.25, 0.3) is 15.7 Å². The number of carbonyl (C=O) groups excluding carboxylic acids is 2. The third-order valence-electron chi connectivity index (χ3n) is 6.54. The van der Waals surface area contributed by atoms with Crippen LogP contribution in [0.5, 0.6) is 5.75 Å². The van der Waals surface area contributed by atoms with Crippen LogP contribution in [-0.2, 0) is 26.2 Å². The van der Waals surface area contributed by atoms with Crippen molar-refractivity contribution in [3.63, 3.8) is 0 Å². The molecule has 3 rings (SSSR count). The monoisotopic (exact) mass is 630 g/mol. The van der Waals surface area contributed by atoms with Gasteiger partial charge in [0.05, 0.1) is 22.6 Å². The quantitative estimate of drug-likeness (QED) is 0.230. The number of hydrogen-bond donors (Lipinski definition) is 1. The average Bonchev–Trinajstić information content (AvgIpc) is 2.94. The lowest BCUT2D eigenvalue weighted by Gasteiger charge is -2.33. The minimum Gasteiger partial charge on any atom is -0.497 e. The molecule has 0 unspecified atom stereocenters. The molecule has 3 aromatic carbocycles. The van der Waals surface area contributed by atoms with Gasteiger partial charge in [-0.15, -0.1) is 0 Å². The molecule has 13 heteroatoms. The van der Waals surface area contributed by atoms with E-state index in [4.69, 9.17) is 16.3 Å². The molecule has 0 bridgehead atoms. The van der Waals surface area contributed by atoms with Crippen LogP contribution in [0.2, 0.25) is 5.02 Å². The Balaban J connectivity index is 2.10. The lowest BCUT2D eigenvalue weighted by atomic mass is 10.1. The van der Waals surface area contributed by atoms with Gasteiger partial charge < -0.3 is 15.0 Å². The summed E-state index contributed by atoms with van der Waals surface area (Å²) in [4.78, 5) is 39.1. The van der Waals surface area contributed by atoms with E-state index in [0.717, 1.165) is 10.4 Å². The van der Waals surface area contributed by atoms with Gasteiger partial charge in [-0.3, -0.25) is 24.0 Å². The summed E-state index contributed by atoms with van der Waals surface area (Å²) in [5.74, 6) is -0.648. The van der Waals surface area contributed by atoms with Crippen molar-refractivity contribution in [2.75, 3.05) is 18.0 Å². The third kappa shape index (κ3) is 8.45. The molecular weight excluding hydrogens is 596 g/mol. The minimum absolute atomic E-state index is 0.0127. The topological polar surface area (TPSA) is 139 Å². The molecule has 0 saturated heterocycles. The predicted octanol–water partition coefficient (Wildman–Crippen LogP) is 5.09. The smallest absolute Gasteiger partial charge is 0.273 e. The number of nitro groups is 1. The molecule has 3 aromatic rings. The zero-order chi connectivity index (χ0) is 32.1. The summed E-state index contributed by atoms with van der Waals surface area (Å²) in [6.45, 7) is 7.77. The number of nitrogens with one attached hydrogen (secondary N) is 1. The number of ether oxygens (including phenoxy) is 1. The first-order valence-electron chi connectivity index (χ1n) is 13.3. The summed E-state index contributed by atoms with van der Waals surface area (Å²) in [5.41, 5.74) is 0.110. The third-order valence-corrected chi connectivity index (χ3v) is 8.56. The minimum atomic E-state index is -4.51. The first kappa shape index (κ1) is 33.3. The molecule has 0 aliphatic heterocycles. The molecule has 0 spiro atoms. The Morgan fingerprint density at radius 1 is 1.05 bits per heavy atom. The van der Waals surface area contributed by atoms with E-state index in [1.165, 1.54) is 55.3 Å². The number of benzene rings is 3. The highest BCUT2D eigenvalue weighted by Gasteiger charge is 2.34. The summed E-state index contributed by atoms with van der Waals surface area (Å²) in [5, 5.41) is 14.9. The van der Waals surface area contributed by atoms with Gasteiger partial charge in [-0.25, -0.2) is 8.42 Å². The van der Waals surface area contributed by atoms with Gasteiger partial charge in [0.2, 0.25) is 11.8 Å². The van der Waals surface area contributed by atoms with Crippen molar-refractivity contribution in [1.29, 1.82) is 0 Å². The Morgan fingerprint density at radius 2 is 1.65 bits per heavy atom. The summed E-state index contributed by atoms with van der Waals surface area (Å²) < 4.78 is 34.1. The van der Waals surface area contributed by atoms with E-state index in [1.54, 1.807) is 31.2 Å². The maximum Gasteiger partial charge on any atom is 0.273 e. The van der Waals surface area contributed by atoms with E-state index < -0.39 is 44.9 Å². The number of sulfonamides is 1. The number of anilines is 1. The molecule has 2 amide bonds. The highest BCUT2D eigenvalue weighted by Crippen LogP contribution is 2.29. The van der Waals surface area contributed by atoms with Crippen LogP contribution in [0.4, 0.5) is 11.4 Å². The Kier molecular flexibility index (Phi) is 10.4. The zero-order valence-electron chi connectivity index (χ0n) is 24.8. The number of halogens is 1. The summed E-state index contributed by atoms with van der Waals surface area (Å²) in [6.07, 6.45) is 0. The second-order valence-corrected chi connectivity index (χ2v) is 13.3. The van der Waals surface area contributed by atoms with Gasteiger partial charge in [-0.05, 0) is 82.6 Å². The van der Waals surface area contributed by atoms with E-state index in [1.807, 2.05) is 20.8 Å². The van der Waals surface area contributed by atoms with Crippen molar-refractivity contribution >= 4 is 44.8 Å². The molecule has 0 fully saturated rings.